The van der Waals surface area contributed by atoms with Crippen molar-refractivity contribution >= 4 is 17.2 Å². The van der Waals surface area contributed by atoms with Gasteiger partial charge in [-0.2, -0.15) is 0 Å². The van der Waals surface area contributed by atoms with Gasteiger partial charge >= 0.3 is 5.69 Å². The summed E-state index contributed by atoms with van der Waals surface area (Å²) in [5.41, 5.74) is -0.951. The fourth-order valence-corrected chi connectivity index (χ4v) is 4.52. The van der Waals surface area contributed by atoms with Crippen LogP contribution < -0.4 is 16.6 Å². The van der Waals surface area contributed by atoms with Crippen molar-refractivity contribution in [1.82, 2.24) is 24.8 Å². The van der Waals surface area contributed by atoms with Crippen LogP contribution in [0.4, 0.5) is 0 Å². The van der Waals surface area contributed by atoms with Crippen LogP contribution in [0, 0.1) is 5.41 Å². The van der Waals surface area contributed by atoms with Crippen LogP contribution in [0.2, 0.25) is 0 Å². The van der Waals surface area contributed by atoms with E-state index in [9.17, 15) is 14.4 Å². The quantitative estimate of drug-likeness (QED) is 0.801. The lowest BCUT2D eigenvalue weighted by Gasteiger charge is -2.29. The number of H-pyrrole nitrogens is 1. The molecule has 1 unspecified atom stereocenters. The van der Waals surface area contributed by atoms with Gasteiger partial charge in [0, 0.05) is 30.9 Å². The van der Waals surface area contributed by atoms with Crippen molar-refractivity contribution in [2.45, 2.75) is 31.8 Å². The second-order valence-electron chi connectivity index (χ2n) is 7.06. The molecule has 1 saturated carbocycles. The van der Waals surface area contributed by atoms with Crippen molar-refractivity contribution in [1.29, 1.82) is 0 Å². The Bertz CT molecular complexity index is 927. The molecule has 1 amide bonds. The fourth-order valence-electron chi connectivity index (χ4n) is 3.90. The van der Waals surface area contributed by atoms with E-state index < -0.39 is 11.2 Å². The molecular weight excluding hydrogens is 354 g/mol. The third-order valence-electron chi connectivity index (χ3n) is 5.58. The summed E-state index contributed by atoms with van der Waals surface area (Å²) in [6.45, 7) is 2.30. The Morgan fingerprint density at radius 2 is 2.19 bits per heavy atom. The van der Waals surface area contributed by atoms with Crippen molar-refractivity contribution in [3.63, 3.8) is 0 Å². The summed E-state index contributed by atoms with van der Waals surface area (Å²) in [7, 11) is 1.37. The lowest BCUT2D eigenvalue weighted by Crippen LogP contribution is -2.43. The van der Waals surface area contributed by atoms with Crippen LogP contribution in [0.15, 0.2) is 27.4 Å². The Morgan fingerprint density at radius 3 is 2.88 bits per heavy atom. The summed E-state index contributed by atoms with van der Waals surface area (Å²) in [5, 5.41) is 6.08. The molecule has 2 fully saturated rings. The van der Waals surface area contributed by atoms with Crippen LogP contribution in [0.3, 0.4) is 0 Å². The monoisotopic (exact) mass is 375 g/mol. The number of piperidine rings is 1. The second-order valence-corrected chi connectivity index (χ2v) is 8.04. The molecule has 138 valence electrons. The lowest BCUT2D eigenvalue weighted by atomic mass is 9.93. The highest BCUT2D eigenvalue weighted by Crippen LogP contribution is 2.56. The van der Waals surface area contributed by atoms with E-state index in [1.165, 1.54) is 24.6 Å². The average molecular weight is 375 g/mol. The van der Waals surface area contributed by atoms with Crippen LogP contribution in [0.25, 0.3) is 0 Å². The topological polar surface area (TPSA) is 100 Å². The summed E-state index contributed by atoms with van der Waals surface area (Å²) in [5.74, 6) is -0.336. The van der Waals surface area contributed by atoms with Crippen molar-refractivity contribution in [3.05, 3.63) is 49.2 Å². The second kappa shape index (κ2) is 6.48. The number of aromatic nitrogens is 3. The minimum Gasteiger partial charge on any atom is -0.328 e. The third kappa shape index (κ3) is 2.90. The number of nitrogens with zero attached hydrogens (tertiary/aromatic N) is 3. The highest BCUT2D eigenvalue weighted by atomic mass is 32.1. The largest absolute Gasteiger partial charge is 0.328 e. The van der Waals surface area contributed by atoms with E-state index in [0.717, 1.165) is 41.9 Å². The van der Waals surface area contributed by atoms with Gasteiger partial charge in [-0.3, -0.25) is 14.2 Å². The van der Waals surface area contributed by atoms with E-state index >= 15 is 0 Å². The molecule has 26 heavy (non-hydrogen) atoms. The zero-order chi connectivity index (χ0) is 18.3. The van der Waals surface area contributed by atoms with Gasteiger partial charge in [0.15, 0.2) is 0 Å². The maximum absolute atomic E-state index is 13.2. The lowest BCUT2D eigenvalue weighted by molar-refractivity contribution is 0.0689. The molecule has 2 aromatic rings. The molecule has 8 nitrogen and oxygen atoms in total. The molecule has 4 rings (SSSR count). The molecule has 9 heteroatoms. The van der Waals surface area contributed by atoms with Crippen LogP contribution in [-0.2, 0) is 13.6 Å². The van der Waals surface area contributed by atoms with Gasteiger partial charge in [0.05, 0.1) is 6.54 Å². The summed E-state index contributed by atoms with van der Waals surface area (Å²) in [6.07, 6.45) is 5.97. The molecule has 2 aliphatic rings. The number of nitrogens with one attached hydrogen (secondary N) is 2. The highest BCUT2D eigenvalue weighted by Gasteiger charge is 2.58. The van der Waals surface area contributed by atoms with Crippen molar-refractivity contribution < 1.29 is 4.79 Å². The average Bonchev–Trinajstić information content (AvgIpc) is 3.07. The summed E-state index contributed by atoms with van der Waals surface area (Å²) in [6, 6.07) is 0.109. The number of carbonyl (C=O) groups excluding carboxylic acids is 1. The van der Waals surface area contributed by atoms with E-state index in [0.29, 0.717) is 6.54 Å². The number of rotatable bonds is 4. The molecule has 1 aliphatic carbocycles. The van der Waals surface area contributed by atoms with E-state index in [1.54, 1.807) is 11.1 Å². The Morgan fingerprint density at radius 1 is 1.42 bits per heavy atom. The van der Waals surface area contributed by atoms with E-state index in [4.69, 9.17) is 0 Å². The normalized spacial score (nSPS) is 20.9. The zero-order valence-electron chi connectivity index (χ0n) is 14.5. The van der Waals surface area contributed by atoms with Crippen LogP contribution >= 0.6 is 11.3 Å². The number of amides is 1. The van der Waals surface area contributed by atoms with E-state index in [1.807, 2.05) is 5.38 Å². The number of carbonyl (C=O) groups is 1. The molecule has 3 heterocycles. The fraction of sp³-hybridized carbons (Fsp3) is 0.529. The SMILES string of the molecule is Cn1c(=O)[nH]cc(C(=O)N(Cc2nccs2)C2CC23CCNCC3)c1=O. The highest BCUT2D eigenvalue weighted by molar-refractivity contribution is 7.09. The predicted molar refractivity (Wildman–Crippen MR) is 97.2 cm³/mol. The standard InChI is InChI=1S/C17H21N5O3S/c1-21-14(23)11(9-20-16(21)25)15(24)22(10-13-19-6-7-26-13)12-8-17(12)2-4-18-5-3-17/h6-7,9,12,18H,2-5,8,10H2,1H3,(H,20,25). The maximum Gasteiger partial charge on any atom is 0.328 e. The molecule has 1 aliphatic heterocycles. The zero-order valence-corrected chi connectivity index (χ0v) is 15.3. The third-order valence-corrected chi connectivity index (χ3v) is 6.35. The van der Waals surface area contributed by atoms with Gasteiger partial charge in [0.2, 0.25) is 0 Å². The summed E-state index contributed by atoms with van der Waals surface area (Å²) < 4.78 is 0.933. The first-order valence-electron chi connectivity index (χ1n) is 8.71. The Kier molecular flexibility index (Phi) is 4.28. The van der Waals surface area contributed by atoms with Crippen LogP contribution in [0.1, 0.15) is 34.6 Å². The Balaban J connectivity index is 1.67. The van der Waals surface area contributed by atoms with E-state index in [-0.39, 0.29) is 22.9 Å². The maximum atomic E-state index is 13.2. The summed E-state index contributed by atoms with van der Waals surface area (Å²) >= 11 is 1.50. The molecule has 0 aromatic carbocycles. The molecule has 1 saturated heterocycles. The first kappa shape index (κ1) is 17.2. The number of hydrogen-bond donors (Lipinski definition) is 2. The molecule has 0 bridgehead atoms. The van der Waals surface area contributed by atoms with Gasteiger partial charge in [0.1, 0.15) is 10.6 Å². The Labute approximate surface area is 153 Å². The van der Waals surface area contributed by atoms with Gasteiger partial charge in [-0.15, -0.1) is 11.3 Å². The molecule has 2 aromatic heterocycles. The first-order chi connectivity index (χ1) is 12.5. The molecule has 1 atom stereocenters. The smallest absolute Gasteiger partial charge is 0.328 e. The summed E-state index contributed by atoms with van der Waals surface area (Å²) in [4.78, 5) is 45.8. The van der Waals surface area contributed by atoms with Crippen molar-refractivity contribution in [3.8, 4) is 0 Å². The van der Waals surface area contributed by atoms with Crippen LogP contribution in [0.5, 0.6) is 0 Å². The van der Waals surface area contributed by atoms with Crippen LogP contribution in [-0.4, -0.2) is 44.5 Å². The molecule has 2 N–H and O–H groups in total. The van der Waals surface area contributed by atoms with Gasteiger partial charge < -0.3 is 15.2 Å². The minimum absolute atomic E-state index is 0.000333. The minimum atomic E-state index is -0.567. The van der Waals surface area contributed by atoms with Gasteiger partial charge in [-0.1, -0.05) is 0 Å². The van der Waals surface area contributed by atoms with Crippen molar-refractivity contribution in [2.24, 2.45) is 12.5 Å². The van der Waals surface area contributed by atoms with Gasteiger partial charge in [-0.05, 0) is 37.8 Å². The number of thiazole rings is 1. The molecular formula is C17H21N5O3S. The number of hydrogen-bond acceptors (Lipinski definition) is 6. The first-order valence-corrected chi connectivity index (χ1v) is 9.59. The predicted octanol–water partition coefficient (Wildman–Crippen LogP) is 0.315. The van der Waals surface area contributed by atoms with Gasteiger partial charge in [0.25, 0.3) is 11.5 Å². The Hall–Kier alpha value is -2.26. The molecule has 1 spiro atoms. The number of aromatic amines is 1. The van der Waals surface area contributed by atoms with Gasteiger partial charge in [-0.25, -0.2) is 9.78 Å². The molecule has 0 radical (unpaired) electrons. The van der Waals surface area contributed by atoms with E-state index in [2.05, 4.69) is 15.3 Å². The van der Waals surface area contributed by atoms with Crippen molar-refractivity contribution in [2.75, 3.05) is 13.1 Å².